The molecule has 0 N–H and O–H groups in total. The molecule has 6 heteroatoms. The first-order chi connectivity index (χ1) is 28.4. The normalized spacial score (nSPS) is 14.5. The molecule has 3 heterocycles. The number of fused-ring (bicyclic) bond motifs is 6. The molecule has 7 aromatic carbocycles. The van der Waals surface area contributed by atoms with Crippen LogP contribution in [0, 0.1) is 12.1 Å². The Balaban J connectivity index is 0.00000420. The zero-order valence-electron chi connectivity index (χ0n) is 32.9. The smallest absolute Gasteiger partial charge is 0.456 e. The van der Waals surface area contributed by atoms with Gasteiger partial charge in [-0.2, -0.15) is 29.5 Å². The fourth-order valence-electron chi connectivity index (χ4n) is 9.74. The fraction of sp³-hybridized carbons (Fsp3) is 0.0943. The van der Waals surface area contributed by atoms with Crippen molar-refractivity contribution >= 4 is 61.8 Å². The quantitative estimate of drug-likeness (QED) is 0.0952. The summed E-state index contributed by atoms with van der Waals surface area (Å²) in [6.07, 6.45) is 1.94. The molecule has 59 heavy (non-hydrogen) atoms. The number of pyridine rings is 1. The van der Waals surface area contributed by atoms with Crippen LogP contribution in [0.15, 0.2) is 180 Å². The topological polar surface area (TPSA) is 43.9 Å². The first kappa shape index (κ1) is 37.1. The Morgan fingerprint density at radius 2 is 1.31 bits per heavy atom. The Labute approximate surface area is 358 Å². The van der Waals surface area contributed by atoms with Crippen LogP contribution in [-0.4, -0.2) is 22.6 Å². The van der Waals surface area contributed by atoms with Crippen LogP contribution in [-0.2, 0) is 32.9 Å². The number of aryl methyl sites for hydroxylation is 1. The molecule has 1 aliphatic rings. The minimum absolute atomic E-state index is 0. The van der Waals surface area contributed by atoms with E-state index < -0.39 is 8.07 Å². The number of para-hydroxylation sites is 3. The number of imidazole rings is 1. The minimum atomic E-state index is -3.08. The summed E-state index contributed by atoms with van der Waals surface area (Å²) in [5.41, 5.74) is 10.4. The molecule has 0 saturated heterocycles. The van der Waals surface area contributed by atoms with Crippen molar-refractivity contribution in [1.29, 1.82) is 0 Å². The summed E-state index contributed by atoms with van der Waals surface area (Å²) in [7, 11) is -0.987. The van der Waals surface area contributed by atoms with Crippen LogP contribution < -0.4 is 20.7 Å². The van der Waals surface area contributed by atoms with Crippen molar-refractivity contribution in [3.8, 4) is 11.4 Å². The van der Waals surface area contributed by atoms with E-state index in [1.54, 1.807) is 0 Å². The minimum Gasteiger partial charge on any atom is -0.456 e. The van der Waals surface area contributed by atoms with Gasteiger partial charge in [-0.05, 0) is 63.5 Å². The van der Waals surface area contributed by atoms with E-state index in [1.165, 1.54) is 27.1 Å². The second-order valence-electron chi connectivity index (χ2n) is 16.0. The van der Waals surface area contributed by atoms with Crippen LogP contribution in [0.25, 0.3) is 44.4 Å². The van der Waals surface area contributed by atoms with Gasteiger partial charge in [0, 0.05) is 35.3 Å². The number of aromatic nitrogens is 3. The van der Waals surface area contributed by atoms with Gasteiger partial charge in [0.2, 0.25) is 0 Å². The second kappa shape index (κ2) is 14.3. The summed E-state index contributed by atoms with van der Waals surface area (Å²) in [6, 6.07) is 69.2. The Bertz CT molecular complexity index is 3150. The number of furan rings is 1. The third kappa shape index (κ3) is 5.66. The molecule has 1 atom stereocenters. The summed E-state index contributed by atoms with van der Waals surface area (Å²) in [5.74, 6) is 0.733. The molecular weight excluding hydrogens is 829 g/mol. The zero-order valence-corrected chi connectivity index (χ0v) is 35.4. The van der Waals surface area contributed by atoms with Crippen molar-refractivity contribution in [3.05, 3.63) is 216 Å². The molecule has 0 fully saturated rings. The van der Waals surface area contributed by atoms with E-state index in [1.807, 2.05) is 18.3 Å². The molecule has 1 aliphatic carbocycles. The number of rotatable bonds is 6. The molecular formula is C53H39N3OPdSi. The van der Waals surface area contributed by atoms with E-state index in [2.05, 4.69) is 195 Å². The van der Waals surface area contributed by atoms with E-state index in [-0.39, 0.29) is 31.8 Å². The van der Waals surface area contributed by atoms with Crippen molar-refractivity contribution < 1.29 is 24.8 Å². The summed E-state index contributed by atoms with van der Waals surface area (Å²) >= 11 is 0. The van der Waals surface area contributed by atoms with E-state index in [9.17, 15) is 0 Å². The average molecular weight is 868 g/mol. The van der Waals surface area contributed by atoms with E-state index in [0.29, 0.717) is 0 Å². The summed E-state index contributed by atoms with van der Waals surface area (Å²) in [4.78, 5) is 10.3. The number of hydrogen-bond acceptors (Lipinski definition) is 3. The molecule has 0 aliphatic heterocycles. The number of nitrogens with zero attached hydrogens (tertiary/aromatic N) is 3. The molecule has 10 aromatic rings. The predicted octanol–water partition coefficient (Wildman–Crippen LogP) is 9.33. The standard InChI is InChI=1S/C53H39N3OSi.Pd/c1-53(2)44-26-16-30-54-51(44)50(43-34-49-42(33-45(43)53)41-25-10-13-29-48(41)57-49)35-17-14-23-39(31-35)58(37-19-6-4-7-20-37,38-21-8-5-9-22-38)40-24-15-18-36(32-40)52-55-46-27-11-12-28-47(46)56(52)3;/h4-30,33-34,50H,1-3H3;/q-2;+2. The van der Waals surface area contributed by atoms with Crippen LogP contribution >= 0.6 is 0 Å². The van der Waals surface area contributed by atoms with Gasteiger partial charge in [0.15, 0.2) is 0 Å². The molecule has 0 bridgehead atoms. The predicted molar refractivity (Wildman–Crippen MR) is 238 cm³/mol. The first-order valence-corrected chi connectivity index (χ1v) is 21.9. The van der Waals surface area contributed by atoms with Crippen LogP contribution in [0.3, 0.4) is 0 Å². The maximum Gasteiger partial charge on any atom is 2.00 e. The largest absolute Gasteiger partial charge is 2.00 e. The third-order valence-electron chi connectivity index (χ3n) is 12.5. The Morgan fingerprint density at radius 1 is 0.627 bits per heavy atom. The van der Waals surface area contributed by atoms with Gasteiger partial charge in [0.1, 0.15) is 19.2 Å². The third-order valence-corrected chi connectivity index (χ3v) is 17.1. The Kier molecular flexibility index (Phi) is 8.99. The van der Waals surface area contributed by atoms with Crippen molar-refractivity contribution in [2.45, 2.75) is 25.2 Å². The molecule has 1 unspecified atom stereocenters. The van der Waals surface area contributed by atoms with Crippen LogP contribution in [0.4, 0.5) is 0 Å². The van der Waals surface area contributed by atoms with Crippen molar-refractivity contribution in [2.24, 2.45) is 7.05 Å². The molecule has 4 nitrogen and oxygen atoms in total. The van der Waals surface area contributed by atoms with E-state index in [0.717, 1.165) is 66.0 Å². The maximum atomic E-state index is 6.55. The SMILES string of the molecule is Cn1c(-c2[c-]c([Si](c3[c-]c(C4c5cc6oc7ccccc7c6cc5C(C)(C)c5cccnc54)ccc3)(c3ccccc3)c3ccccc3)ccc2)nc2ccccc21.[Pd+2]. The molecule has 0 spiro atoms. The van der Waals surface area contributed by atoms with Crippen LogP contribution in [0.2, 0.25) is 0 Å². The van der Waals surface area contributed by atoms with Crippen LogP contribution in [0.5, 0.6) is 0 Å². The van der Waals surface area contributed by atoms with Crippen LogP contribution in [0.1, 0.15) is 47.7 Å². The Morgan fingerprint density at radius 3 is 2.07 bits per heavy atom. The molecule has 0 radical (unpaired) electrons. The van der Waals surface area contributed by atoms with Gasteiger partial charge in [-0.25, -0.2) is 0 Å². The summed E-state index contributed by atoms with van der Waals surface area (Å²) < 4.78 is 8.73. The average Bonchev–Trinajstić information content (AvgIpc) is 3.81. The molecule has 0 saturated carbocycles. The van der Waals surface area contributed by atoms with Gasteiger partial charge in [0.05, 0.1) is 22.6 Å². The van der Waals surface area contributed by atoms with Gasteiger partial charge < -0.3 is 8.98 Å². The summed E-state index contributed by atoms with van der Waals surface area (Å²) in [5, 5.41) is 7.12. The van der Waals surface area contributed by atoms with E-state index in [4.69, 9.17) is 14.4 Å². The number of benzene rings is 7. The maximum absolute atomic E-state index is 6.55. The van der Waals surface area contributed by atoms with E-state index >= 15 is 0 Å². The molecule has 286 valence electrons. The van der Waals surface area contributed by atoms with Gasteiger partial charge >= 0.3 is 20.4 Å². The first-order valence-electron chi connectivity index (χ1n) is 19.9. The molecule has 0 amide bonds. The Hall–Kier alpha value is -6.16. The van der Waals surface area contributed by atoms with Gasteiger partial charge in [-0.15, -0.1) is 40.6 Å². The van der Waals surface area contributed by atoms with Crippen molar-refractivity contribution in [2.75, 3.05) is 0 Å². The fourth-order valence-corrected chi connectivity index (χ4v) is 14.3. The monoisotopic (exact) mass is 867 g/mol. The van der Waals surface area contributed by atoms with Gasteiger partial charge in [0.25, 0.3) is 0 Å². The summed E-state index contributed by atoms with van der Waals surface area (Å²) in [6.45, 7) is 4.65. The van der Waals surface area contributed by atoms with Crippen molar-refractivity contribution in [1.82, 2.24) is 14.5 Å². The van der Waals surface area contributed by atoms with Crippen molar-refractivity contribution in [3.63, 3.8) is 0 Å². The van der Waals surface area contributed by atoms with Gasteiger partial charge in [-0.3, -0.25) is 9.97 Å². The number of hydrogen-bond donors (Lipinski definition) is 0. The molecule has 11 rings (SSSR count). The van der Waals surface area contributed by atoms with Gasteiger partial charge in [-0.1, -0.05) is 111 Å². The second-order valence-corrected chi connectivity index (χ2v) is 19.7. The zero-order chi connectivity index (χ0) is 39.0. The molecule has 3 aromatic heterocycles.